The third kappa shape index (κ3) is 3.82. The molecule has 0 saturated heterocycles. The molecule has 4 nitrogen and oxygen atoms in total. The number of fused-ring (bicyclic) bond motifs is 14. The second-order valence-corrected chi connectivity index (χ2v) is 11.5. The molecule has 4 atom stereocenters. The fraction of sp³-hybridized carbons (Fsp3) is 0.294. The molecule has 0 radical (unpaired) electrons. The van der Waals surface area contributed by atoms with E-state index < -0.39 is 0 Å². The normalized spacial score (nSPS) is 23.6. The Labute approximate surface area is 222 Å². The molecule has 0 heterocycles. The molecular formula is C34H32O4. The monoisotopic (exact) mass is 504 g/mol. The van der Waals surface area contributed by atoms with E-state index in [2.05, 4.69) is 24.3 Å². The molecule has 4 N–H and O–H groups in total. The van der Waals surface area contributed by atoms with Gasteiger partial charge in [0, 0.05) is 0 Å². The van der Waals surface area contributed by atoms with Crippen molar-refractivity contribution in [2.75, 3.05) is 0 Å². The van der Waals surface area contributed by atoms with Crippen LogP contribution in [0.5, 0.6) is 23.0 Å². The summed E-state index contributed by atoms with van der Waals surface area (Å²) in [5.41, 5.74) is 8.28. The van der Waals surface area contributed by atoms with Crippen molar-refractivity contribution in [2.45, 2.75) is 62.2 Å². The Morgan fingerprint density at radius 1 is 0.368 bits per heavy atom. The van der Waals surface area contributed by atoms with Crippen LogP contribution in [0.2, 0.25) is 0 Å². The molecule has 0 aliphatic heterocycles. The van der Waals surface area contributed by atoms with E-state index in [0.29, 0.717) is 35.8 Å². The summed E-state index contributed by atoms with van der Waals surface area (Å²) < 4.78 is 0. The number of phenolic OH excluding ortho intramolecular Hbond substituents is 4. The Bertz CT molecular complexity index is 1320. The van der Waals surface area contributed by atoms with Gasteiger partial charge in [-0.25, -0.2) is 0 Å². The Balaban J connectivity index is 1.38. The zero-order valence-corrected chi connectivity index (χ0v) is 21.3. The van der Waals surface area contributed by atoms with Crippen molar-refractivity contribution in [1.82, 2.24) is 0 Å². The number of hydrogen-bond donors (Lipinski definition) is 4. The van der Waals surface area contributed by atoms with Gasteiger partial charge in [0.05, 0.1) is 0 Å². The number of rotatable bonds is 0. The molecule has 4 aromatic rings. The van der Waals surface area contributed by atoms with Gasteiger partial charge in [-0.15, -0.1) is 0 Å². The Morgan fingerprint density at radius 2 is 0.605 bits per heavy atom. The quantitative estimate of drug-likeness (QED) is 0.202. The number of hydrogen-bond acceptors (Lipinski definition) is 4. The third-order valence-corrected chi connectivity index (χ3v) is 9.33. The van der Waals surface area contributed by atoms with E-state index in [1.54, 1.807) is 24.3 Å². The maximum Gasteiger partial charge on any atom is 0.119 e. The van der Waals surface area contributed by atoms with Crippen LogP contribution in [0, 0.1) is 0 Å². The first kappa shape index (κ1) is 23.2. The first-order valence-corrected chi connectivity index (χ1v) is 13.7. The first-order valence-electron chi connectivity index (χ1n) is 13.7. The fourth-order valence-electron chi connectivity index (χ4n) is 7.00. The van der Waals surface area contributed by atoms with Gasteiger partial charge in [0.15, 0.2) is 0 Å². The molecule has 4 heteroatoms. The number of benzene rings is 4. The maximum absolute atomic E-state index is 10.8. The van der Waals surface area contributed by atoms with E-state index in [1.807, 2.05) is 24.3 Å². The van der Waals surface area contributed by atoms with Gasteiger partial charge in [0.2, 0.25) is 0 Å². The van der Waals surface area contributed by atoms with Gasteiger partial charge < -0.3 is 20.4 Å². The van der Waals surface area contributed by atoms with Crippen LogP contribution in [-0.2, 0) is 12.8 Å². The van der Waals surface area contributed by atoms with Crippen molar-refractivity contribution in [3.8, 4) is 23.0 Å². The predicted molar refractivity (Wildman–Crippen MR) is 147 cm³/mol. The second kappa shape index (κ2) is 8.83. The highest BCUT2D eigenvalue weighted by Gasteiger charge is 2.38. The van der Waals surface area contributed by atoms with Crippen LogP contribution >= 0.6 is 0 Å². The van der Waals surface area contributed by atoms with Crippen LogP contribution in [0.3, 0.4) is 0 Å². The average Bonchev–Trinajstić information content (AvgIpc) is 2.85. The van der Waals surface area contributed by atoms with Crippen molar-refractivity contribution >= 4 is 0 Å². The molecule has 0 aromatic heterocycles. The van der Waals surface area contributed by atoms with E-state index in [9.17, 15) is 20.4 Å². The summed E-state index contributed by atoms with van der Waals surface area (Å²) >= 11 is 0. The SMILES string of the molecule is Oc1ccc2cc1[C@H]1CC[C@H]1c1cc(ccc1O)Cc1ccc(O)c(c1)[C@@H]1CC[C@@H]1c1cc(ccc1O)C2. The number of phenols is 4. The molecule has 0 unspecified atom stereocenters. The molecule has 4 aromatic carbocycles. The van der Waals surface area contributed by atoms with Crippen molar-refractivity contribution in [1.29, 1.82) is 0 Å². The molecule has 0 amide bonds. The summed E-state index contributed by atoms with van der Waals surface area (Å²) in [6.07, 6.45) is 5.30. The smallest absolute Gasteiger partial charge is 0.119 e. The van der Waals surface area contributed by atoms with Crippen LogP contribution in [0.15, 0.2) is 72.8 Å². The fourth-order valence-corrected chi connectivity index (χ4v) is 7.00. The predicted octanol–water partition coefficient (Wildman–Crippen LogP) is 7.33. The van der Waals surface area contributed by atoms with Gasteiger partial charge in [-0.05, 0) is 131 Å². The molecular weight excluding hydrogens is 472 g/mol. The third-order valence-electron chi connectivity index (χ3n) is 9.33. The zero-order valence-electron chi connectivity index (χ0n) is 21.3. The molecule has 0 spiro atoms. The van der Waals surface area contributed by atoms with E-state index in [-0.39, 0.29) is 23.7 Å². The standard InChI is InChI=1S/C34H32O4/c35-31-9-1-19-13-20-2-10-32(36)28(16-20)25-7-8-26(25)30-18-22(4-12-34(30)38)14-21-3-11-33(37)29(17-21)24-6-5-23(24)27(31)15-19/h1-4,9-12,15-18,23-26,35-38H,5-8,13-14H2/t23-,24+,25-,26+. The van der Waals surface area contributed by atoms with E-state index in [1.165, 1.54) is 0 Å². The molecule has 8 bridgehead atoms. The highest BCUT2D eigenvalue weighted by molar-refractivity contribution is 5.51. The Hall–Kier alpha value is -3.92. The molecule has 2 saturated carbocycles. The lowest BCUT2D eigenvalue weighted by atomic mass is 9.65. The Kier molecular flexibility index (Phi) is 5.40. The van der Waals surface area contributed by atoms with Crippen LogP contribution in [0.4, 0.5) is 0 Å². The summed E-state index contributed by atoms with van der Waals surface area (Å²) in [6.45, 7) is 0. The van der Waals surface area contributed by atoms with Gasteiger partial charge in [-0.3, -0.25) is 0 Å². The highest BCUT2D eigenvalue weighted by Crippen LogP contribution is 2.55. The minimum absolute atomic E-state index is 0.154. The molecule has 3 aliphatic carbocycles. The second-order valence-electron chi connectivity index (χ2n) is 11.5. The van der Waals surface area contributed by atoms with Crippen LogP contribution in [0.1, 0.15) is 93.9 Å². The van der Waals surface area contributed by atoms with Crippen molar-refractivity contribution in [3.05, 3.63) is 117 Å². The van der Waals surface area contributed by atoms with Gasteiger partial charge in [0.1, 0.15) is 23.0 Å². The van der Waals surface area contributed by atoms with Crippen LogP contribution in [0.25, 0.3) is 0 Å². The summed E-state index contributed by atoms with van der Waals surface area (Å²) in [4.78, 5) is 0. The number of aromatic hydroxyl groups is 4. The Morgan fingerprint density at radius 3 is 0.816 bits per heavy atom. The first-order chi connectivity index (χ1) is 18.4. The summed E-state index contributed by atoms with van der Waals surface area (Å²) in [5.74, 6) is 1.87. The van der Waals surface area contributed by atoms with Gasteiger partial charge in [-0.1, -0.05) is 48.5 Å². The minimum atomic E-state index is 0.154. The summed E-state index contributed by atoms with van der Waals surface area (Å²) in [7, 11) is 0. The molecule has 2 fully saturated rings. The van der Waals surface area contributed by atoms with Gasteiger partial charge in [0.25, 0.3) is 0 Å². The average molecular weight is 505 g/mol. The largest absolute Gasteiger partial charge is 0.508 e. The van der Waals surface area contributed by atoms with Crippen molar-refractivity contribution in [2.24, 2.45) is 0 Å². The van der Waals surface area contributed by atoms with E-state index >= 15 is 0 Å². The maximum atomic E-state index is 10.8. The van der Waals surface area contributed by atoms with Crippen molar-refractivity contribution < 1.29 is 20.4 Å². The highest BCUT2D eigenvalue weighted by atomic mass is 16.3. The summed E-state index contributed by atoms with van der Waals surface area (Å²) in [5, 5.41) is 43.3. The molecule has 3 aliphatic rings. The van der Waals surface area contributed by atoms with Crippen molar-refractivity contribution in [3.63, 3.8) is 0 Å². The lowest BCUT2D eigenvalue weighted by Gasteiger charge is -2.39. The lowest BCUT2D eigenvalue weighted by Crippen LogP contribution is -2.23. The molecule has 7 rings (SSSR count). The van der Waals surface area contributed by atoms with E-state index in [4.69, 9.17) is 0 Å². The van der Waals surface area contributed by atoms with Crippen LogP contribution in [-0.4, -0.2) is 20.4 Å². The molecule has 38 heavy (non-hydrogen) atoms. The van der Waals surface area contributed by atoms with Gasteiger partial charge >= 0.3 is 0 Å². The lowest BCUT2D eigenvalue weighted by molar-refractivity contribution is 0.323. The van der Waals surface area contributed by atoms with Crippen LogP contribution < -0.4 is 0 Å². The van der Waals surface area contributed by atoms with E-state index in [0.717, 1.165) is 70.2 Å². The van der Waals surface area contributed by atoms with Gasteiger partial charge in [-0.2, -0.15) is 0 Å². The minimum Gasteiger partial charge on any atom is -0.508 e. The molecule has 192 valence electrons. The summed E-state index contributed by atoms with van der Waals surface area (Å²) in [6, 6.07) is 23.6. The topological polar surface area (TPSA) is 80.9 Å². The zero-order chi connectivity index (χ0) is 26.0.